The first-order valence-electron chi connectivity index (χ1n) is 9.49. The van der Waals surface area contributed by atoms with Gasteiger partial charge in [-0.2, -0.15) is 19.6 Å². The highest BCUT2D eigenvalue weighted by molar-refractivity contribution is 5.57. The predicted octanol–water partition coefficient (Wildman–Crippen LogP) is -0.511. The first-order chi connectivity index (χ1) is 14.6. The Morgan fingerprint density at radius 2 is 2.10 bits per heavy atom. The van der Waals surface area contributed by atoms with Crippen LogP contribution in [0.1, 0.15) is 24.1 Å². The molecule has 0 radical (unpaired) electrons. The summed E-state index contributed by atoms with van der Waals surface area (Å²) in [6.07, 6.45) is 8.77. The normalized spacial score (nSPS) is 15.2. The Hall–Kier alpha value is -4.02. The van der Waals surface area contributed by atoms with Crippen LogP contribution in [0, 0.1) is 0 Å². The molecule has 0 unspecified atom stereocenters. The molecule has 0 spiro atoms. The Balaban J connectivity index is 1.65. The average Bonchev–Trinajstić information content (AvgIpc) is 3.37. The molecule has 4 aromatic heterocycles. The highest BCUT2D eigenvalue weighted by atomic mass is 16.3. The molecule has 11 nitrogen and oxygen atoms in total. The van der Waals surface area contributed by atoms with E-state index < -0.39 is 5.69 Å². The standard InChI is InChI=1S/C19H19N9O2/c1-27(10-11-4-6-20-7-5-11)17-24-15-12(8-14-16(29)25-19(30)23-14)9-21-28(15)18(26-17)22-13-2-3-13/h4-9,13,29H,2-3,10H2,1H3,(H2,23,25,30)/b12-8+,22-18?. The van der Waals surface area contributed by atoms with E-state index in [1.165, 1.54) is 0 Å². The van der Waals surface area contributed by atoms with Crippen LogP contribution in [0.15, 0.2) is 40.5 Å². The lowest BCUT2D eigenvalue weighted by molar-refractivity contribution is 0.454. The van der Waals surface area contributed by atoms with Gasteiger partial charge in [0.05, 0.1) is 12.2 Å². The third kappa shape index (κ3) is 3.52. The van der Waals surface area contributed by atoms with E-state index in [0.717, 1.165) is 18.4 Å². The molecule has 30 heavy (non-hydrogen) atoms. The summed E-state index contributed by atoms with van der Waals surface area (Å²) in [5.41, 5.74) is 1.84. The summed E-state index contributed by atoms with van der Waals surface area (Å²) in [6, 6.07) is 4.13. The number of nitrogens with one attached hydrogen (secondary N) is 2. The minimum absolute atomic E-state index is 0.244. The van der Waals surface area contributed by atoms with Gasteiger partial charge in [0.1, 0.15) is 5.69 Å². The van der Waals surface area contributed by atoms with Gasteiger partial charge in [-0.3, -0.25) is 9.97 Å². The summed E-state index contributed by atoms with van der Waals surface area (Å²) in [7, 11) is 1.91. The molecular formula is C19H19N9O2. The van der Waals surface area contributed by atoms with Crippen LogP contribution >= 0.6 is 0 Å². The predicted molar refractivity (Wildman–Crippen MR) is 108 cm³/mol. The molecule has 1 fully saturated rings. The number of imidazole rings is 1. The molecule has 4 heterocycles. The van der Waals surface area contributed by atoms with Crippen molar-refractivity contribution in [2.75, 3.05) is 11.9 Å². The molecule has 3 N–H and O–H groups in total. The minimum Gasteiger partial charge on any atom is -0.493 e. The molecule has 1 aliphatic carbocycles. The SMILES string of the molecule is CN(Cc1ccncc1)c1nc(=NC2CC2)n2nc/c(=C\c3[nH]c(=O)[nH]c3O)c2n1. The fourth-order valence-corrected chi connectivity index (χ4v) is 3.07. The number of hydrogen-bond acceptors (Lipinski definition) is 8. The van der Waals surface area contributed by atoms with E-state index >= 15 is 0 Å². The summed E-state index contributed by atoms with van der Waals surface area (Å²) in [6.45, 7) is 0.598. The minimum atomic E-state index is -0.493. The van der Waals surface area contributed by atoms with Gasteiger partial charge in [-0.15, -0.1) is 0 Å². The van der Waals surface area contributed by atoms with Gasteiger partial charge in [0.25, 0.3) is 5.62 Å². The van der Waals surface area contributed by atoms with Crippen molar-refractivity contribution in [3.63, 3.8) is 0 Å². The largest absolute Gasteiger partial charge is 0.493 e. The lowest BCUT2D eigenvalue weighted by Crippen LogP contribution is -2.28. The van der Waals surface area contributed by atoms with Crippen LogP contribution in [-0.4, -0.2) is 52.7 Å². The van der Waals surface area contributed by atoms with Crippen molar-refractivity contribution >= 4 is 17.7 Å². The second-order valence-corrected chi connectivity index (χ2v) is 7.22. The van der Waals surface area contributed by atoms with Crippen LogP contribution < -0.4 is 21.4 Å². The Labute approximate surface area is 169 Å². The molecule has 1 saturated carbocycles. The van der Waals surface area contributed by atoms with Crippen LogP contribution in [0.4, 0.5) is 5.95 Å². The number of anilines is 1. The highest BCUT2D eigenvalue weighted by Gasteiger charge is 2.21. The summed E-state index contributed by atoms with van der Waals surface area (Å²) in [5, 5.41) is 14.9. The molecule has 5 rings (SSSR count). The van der Waals surface area contributed by atoms with E-state index in [1.807, 2.05) is 24.1 Å². The topological polar surface area (TPSA) is 140 Å². The van der Waals surface area contributed by atoms with Gasteiger partial charge in [0.15, 0.2) is 5.65 Å². The maximum Gasteiger partial charge on any atom is 0.326 e. The molecule has 4 aromatic rings. The zero-order valence-corrected chi connectivity index (χ0v) is 16.1. The lowest BCUT2D eigenvalue weighted by atomic mass is 10.2. The van der Waals surface area contributed by atoms with Crippen molar-refractivity contribution in [1.82, 2.24) is 34.5 Å². The number of aromatic nitrogens is 7. The number of rotatable bonds is 5. The number of H-pyrrole nitrogens is 2. The van der Waals surface area contributed by atoms with Gasteiger partial charge in [-0.25, -0.2) is 9.79 Å². The van der Waals surface area contributed by atoms with E-state index in [4.69, 9.17) is 0 Å². The maximum atomic E-state index is 11.4. The molecule has 1 aliphatic rings. The smallest absolute Gasteiger partial charge is 0.326 e. The van der Waals surface area contributed by atoms with E-state index in [1.54, 1.807) is 29.2 Å². The lowest BCUT2D eigenvalue weighted by Gasteiger charge is -2.16. The molecule has 0 atom stereocenters. The average molecular weight is 405 g/mol. The Kier molecular flexibility index (Phi) is 4.27. The number of hydrogen-bond donors (Lipinski definition) is 3. The molecule has 152 valence electrons. The molecule has 0 aromatic carbocycles. The summed E-state index contributed by atoms with van der Waals surface area (Å²) in [4.78, 5) is 36.2. The summed E-state index contributed by atoms with van der Waals surface area (Å²) in [5.74, 6) is 0.256. The van der Waals surface area contributed by atoms with Crippen LogP contribution in [0.5, 0.6) is 5.88 Å². The molecule has 0 aliphatic heterocycles. The van der Waals surface area contributed by atoms with E-state index in [-0.39, 0.29) is 17.6 Å². The van der Waals surface area contributed by atoms with Crippen LogP contribution in [0.25, 0.3) is 11.7 Å². The second-order valence-electron chi connectivity index (χ2n) is 7.22. The quantitative estimate of drug-likeness (QED) is 0.406. The number of nitrogens with zero attached hydrogens (tertiary/aromatic N) is 7. The van der Waals surface area contributed by atoms with Crippen LogP contribution in [-0.2, 0) is 6.54 Å². The number of pyridine rings is 1. The van der Waals surface area contributed by atoms with Crippen LogP contribution in [0.2, 0.25) is 0 Å². The molecule has 0 amide bonds. The third-order valence-corrected chi connectivity index (χ3v) is 4.76. The fourth-order valence-electron chi connectivity index (χ4n) is 3.07. The summed E-state index contributed by atoms with van der Waals surface area (Å²) >= 11 is 0. The monoisotopic (exact) mass is 405 g/mol. The van der Waals surface area contributed by atoms with Crippen molar-refractivity contribution in [2.45, 2.75) is 25.4 Å². The second kappa shape index (κ2) is 7.10. The Bertz CT molecular complexity index is 1380. The van der Waals surface area contributed by atoms with Gasteiger partial charge in [0.2, 0.25) is 11.8 Å². The molecule has 0 bridgehead atoms. The zero-order valence-electron chi connectivity index (χ0n) is 16.1. The fraction of sp³-hybridized carbons (Fsp3) is 0.263. The molecule has 11 heteroatoms. The highest BCUT2D eigenvalue weighted by Crippen LogP contribution is 2.22. The first-order valence-corrected chi connectivity index (χ1v) is 9.49. The Morgan fingerprint density at radius 1 is 1.30 bits per heavy atom. The van der Waals surface area contributed by atoms with Gasteiger partial charge >= 0.3 is 5.69 Å². The summed E-state index contributed by atoms with van der Waals surface area (Å²) < 4.78 is 1.58. The molecule has 0 saturated heterocycles. The zero-order chi connectivity index (χ0) is 20.7. The van der Waals surface area contributed by atoms with E-state index in [2.05, 4.69) is 35.0 Å². The maximum absolute atomic E-state index is 11.4. The van der Waals surface area contributed by atoms with Crippen LogP contribution in [0.3, 0.4) is 0 Å². The van der Waals surface area contributed by atoms with E-state index in [0.29, 0.717) is 29.0 Å². The molecular weight excluding hydrogens is 386 g/mol. The van der Waals surface area contributed by atoms with Gasteiger partial charge in [-0.1, -0.05) is 0 Å². The van der Waals surface area contributed by atoms with E-state index in [9.17, 15) is 9.90 Å². The van der Waals surface area contributed by atoms with Gasteiger partial charge < -0.3 is 15.0 Å². The number of fused-ring (bicyclic) bond motifs is 1. The van der Waals surface area contributed by atoms with Crippen molar-refractivity contribution in [1.29, 1.82) is 0 Å². The van der Waals surface area contributed by atoms with Crippen molar-refractivity contribution < 1.29 is 5.11 Å². The van der Waals surface area contributed by atoms with Gasteiger partial charge in [-0.05, 0) is 36.6 Å². The third-order valence-electron chi connectivity index (χ3n) is 4.76. The van der Waals surface area contributed by atoms with Gasteiger partial charge in [0, 0.05) is 31.2 Å². The number of aromatic amines is 2. The van der Waals surface area contributed by atoms with Crippen molar-refractivity contribution in [3.05, 3.63) is 63.3 Å². The first kappa shape index (κ1) is 18.0. The van der Waals surface area contributed by atoms with Crippen molar-refractivity contribution in [3.8, 4) is 5.88 Å². The number of aromatic hydroxyl groups is 1. The van der Waals surface area contributed by atoms with Crippen molar-refractivity contribution in [2.24, 2.45) is 4.99 Å². The Morgan fingerprint density at radius 3 is 2.80 bits per heavy atom.